The number of nitriles is 1. The van der Waals surface area contributed by atoms with E-state index in [1.807, 2.05) is 60.7 Å². The molecule has 0 saturated carbocycles. The fourth-order valence-corrected chi connectivity index (χ4v) is 2.88. The van der Waals surface area contributed by atoms with Gasteiger partial charge < -0.3 is 15.4 Å². The molecule has 7 heteroatoms. The van der Waals surface area contributed by atoms with Gasteiger partial charge in [0.2, 0.25) is 5.91 Å². The first kappa shape index (κ1) is 21.5. The standard InChI is InChI=1S/C24H20FN3O3/c25-21-12-11-20(14-19(21)15-26)27-23(29)22(13-17-7-3-1-4-8-17)28-24(30)31-16-18-9-5-2-6-10-18/h1-12,14,22H,13,16H2,(H,27,29)(H,28,30). The number of alkyl carbamates (subject to hydrolysis) is 1. The lowest BCUT2D eigenvalue weighted by Crippen LogP contribution is -2.45. The highest BCUT2D eigenvalue weighted by atomic mass is 19.1. The molecule has 0 aliphatic heterocycles. The number of hydrogen-bond acceptors (Lipinski definition) is 4. The molecule has 6 nitrogen and oxygen atoms in total. The van der Waals surface area contributed by atoms with Gasteiger partial charge in [-0.15, -0.1) is 0 Å². The van der Waals surface area contributed by atoms with Crippen molar-refractivity contribution in [3.8, 4) is 6.07 Å². The van der Waals surface area contributed by atoms with Crippen LogP contribution in [0.3, 0.4) is 0 Å². The zero-order valence-electron chi connectivity index (χ0n) is 16.5. The van der Waals surface area contributed by atoms with Crippen LogP contribution in [0.15, 0.2) is 78.9 Å². The minimum absolute atomic E-state index is 0.0653. The van der Waals surface area contributed by atoms with Crippen molar-refractivity contribution in [1.82, 2.24) is 5.32 Å². The van der Waals surface area contributed by atoms with Gasteiger partial charge in [-0.25, -0.2) is 9.18 Å². The van der Waals surface area contributed by atoms with Crippen LogP contribution >= 0.6 is 0 Å². The molecule has 1 unspecified atom stereocenters. The first-order valence-corrected chi connectivity index (χ1v) is 9.57. The molecule has 3 rings (SSSR count). The largest absolute Gasteiger partial charge is 0.445 e. The van der Waals surface area contributed by atoms with Crippen molar-refractivity contribution in [3.05, 3.63) is 101 Å². The Morgan fingerprint density at radius 1 is 0.968 bits per heavy atom. The van der Waals surface area contributed by atoms with Gasteiger partial charge >= 0.3 is 6.09 Å². The Morgan fingerprint density at radius 3 is 2.26 bits per heavy atom. The Hall–Kier alpha value is -4.18. The van der Waals surface area contributed by atoms with Crippen molar-refractivity contribution >= 4 is 17.7 Å². The van der Waals surface area contributed by atoms with Crippen molar-refractivity contribution < 1.29 is 18.7 Å². The summed E-state index contributed by atoms with van der Waals surface area (Å²) in [4.78, 5) is 25.2. The predicted octanol–water partition coefficient (Wildman–Crippen LogP) is 4.17. The highest BCUT2D eigenvalue weighted by Gasteiger charge is 2.22. The summed E-state index contributed by atoms with van der Waals surface area (Å²) in [5, 5.41) is 14.2. The Bertz CT molecular complexity index is 1080. The van der Waals surface area contributed by atoms with Crippen molar-refractivity contribution in [2.45, 2.75) is 19.1 Å². The fourth-order valence-electron chi connectivity index (χ4n) is 2.88. The lowest BCUT2D eigenvalue weighted by atomic mass is 10.1. The lowest BCUT2D eigenvalue weighted by molar-refractivity contribution is -0.118. The molecule has 3 aromatic carbocycles. The number of nitrogens with zero attached hydrogens (tertiary/aromatic N) is 1. The zero-order valence-corrected chi connectivity index (χ0v) is 16.5. The smallest absolute Gasteiger partial charge is 0.408 e. The summed E-state index contributed by atoms with van der Waals surface area (Å²) in [6, 6.07) is 22.8. The van der Waals surface area contributed by atoms with Crippen LogP contribution < -0.4 is 10.6 Å². The van der Waals surface area contributed by atoms with Crippen LogP contribution in [0.4, 0.5) is 14.9 Å². The van der Waals surface area contributed by atoms with Crippen molar-refractivity contribution in [2.75, 3.05) is 5.32 Å². The number of anilines is 1. The normalized spacial score (nSPS) is 11.1. The number of benzene rings is 3. The quantitative estimate of drug-likeness (QED) is 0.604. The molecule has 0 heterocycles. The number of carbonyl (C=O) groups excluding carboxylic acids is 2. The molecule has 0 aliphatic rings. The van der Waals surface area contributed by atoms with Gasteiger partial charge in [-0.05, 0) is 29.3 Å². The summed E-state index contributed by atoms with van der Waals surface area (Å²) < 4.78 is 18.8. The van der Waals surface area contributed by atoms with Crippen LogP contribution in [0.25, 0.3) is 0 Å². The highest BCUT2D eigenvalue weighted by molar-refractivity contribution is 5.96. The maximum absolute atomic E-state index is 13.5. The van der Waals surface area contributed by atoms with Crippen molar-refractivity contribution in [1.29, 1.82) is 5.26 Å². The van der Waals surface area contributed by atoms with E-state index in [9.17, 15) is 14.0 Å². The Morgan fingerprint density at radius 2 is 1.61 bits per heavy atom. The highest BCUT2D eigenvalue weighted by Crippen LogP contribution is 2.15. The Labute approximate surface area is 179 Å². The van der Waals surface area contributed by atoms with Crippen LogP contribution in [0.5, 0.6) is 0 Å². The number of carbonyl (C=O) groups is 2. The second-order valence-corrected chi connectivity index (χ2v) is 6.74. The molecule has 0 aliphatic carbocycles. The topological polar surface area (TPSA) is 91.2 Å². The fraction of sp³-hybridized carbons (Fsp3) is 0.125. The number of rotatable bonds is 7. The lowest BCUT2D eigenvalue weighted by Gasteiger charge is -2.19. The van der Waals surface area contributed by atoms with Crippen LogP contribution in [-0.2, 0) is 22.6 Å². The molecule has 0 spiro atoms. The van der Waals surface area contributed by atoms with Gasteiger partial charge in [-0.1, -0.05) is 60.7 Å². The van der Waals surface area contributed by atoms with E-state index in [0.717, 1.165) is 17.2 Å². The summed E-state index contributed by atoms with van der Waals surface area (Å²) in [6.45, 7) is 0.0653. The monoisotopic (exact) mass is 417 g/mol. The van der Waals surface area contributed by atoms with Gasteiger partial charge in [0.25, 0.3) is 0 Å². The maximum Gasteiger partial charge on any atom is 0.408 e. The minimum atomic E-state index is -0.943. The summed E-state index contributed by atoms with van der Waals surface area (Å²) in [7, 11) is 0. The average Bonchev–Trinajstić information content (AvgIpc) is 2.80. The van der Waals surface area contributed by atoms with E-state index in [2.05, 4.69) is 10.6 Å². The minimum Gasteiger partial charge on any atom is -0.445 e. The van der Waals surface area contributed by atoms with Crippen LogP contribution in [0.2, 0.25) is 0 Å². The summed E-state index contributed by atoms with van der Waals surface area (Å²) in [5.74, 6) is -1.19. The van der Waals surface area contributed by atoms with E-state index in [4.69, 9.17) is 10.00 Å². The third kappa shape index (κ3) is 6.41. The molecular weight excluding hydrogens is 397 g/mol. The molecule has 0 bridgehead atoms. The first-order valence-electron chi connectivity index (χ1n) is 9.57. The predicted molar refractivity (Wildman–Crippen MR) is 113 cm³/mol. The molecule has 2 amide bonds. The molecule has 156 valence electrons. The van der Waals surface area contributed by atoms with Gasteiger partial charge in [-0.2, -0.15) is 5.26 Å². The number of amides is 2. The van der Waals surface area contributed by atoms with Gasteiger partial charge in [0, 0.05) is 12.1 Å². The van der Waals surface area contributed by atoms with E-state index in [1.54, 1.807) is 6.07 Å². The summed E-state index contributed by atoms with van der Waals surface area (Å²) in [5.41, 5.74) is 1.72. The molecule has 0 radical (unpaired) electrons. The van der Waals surface area contributed by atoms with Crippen molar-refractivity contribution in [2.24, 2.45) is 0 Å². The third-order valence-corrected chi connectivity index (χ3v) is 4.46. The Balaban J connectivity index is 1.70. The SMILES string of the molecule is N#Cc1cc(NC(=O)C(Cc2ccccc2)NC(=O)OCc2ccccc2)ccc1F. The summed E-state index contributed by atoms with van der Waals surface area (Å²) in [6.07, 6.45) is -0.517. The number of hydrogen-bond donors (Lipinski definition) is 2. The van der Waals surface area contributed by atoms with Gasteiger partial charge in [0.1, 0.15) is 24.5 Å². The number of ether oxygens (including phenoxy) is 1. The van der Waals surface area contributed by atoms with E-state index in [1.165, 1.54) is 12.1 Å². The Kier molecular flexibility index (Phi) is 7.33. The van der Waals surface area contributed by atoms with E-state index >= 15 is 0 Å². The molecule has 1 atom stereocenters. The van der Waals surface area contributed by atoms with Gasteiger partial charge in [0.15, 0.2) is 0 Å². The first-order chi connectivity index (χ1) is 15.0. The molecule has 3 aromatic rings. The second kappa shape index (κ2) is 10.6. The summed E-state index contributed by atoms with van der Waals surface area (Å²) >= 11 is 0. The zero-order chi connectivity index (χ0) is 22.1. The molecular formula is C24H20FN3O3. The third-order valence-electron chi connectivity index (χ3n) is 4.46. The molecule has 0 aromatic heterocycles. The second-order valence-electron chi connectivity index (χ2n) is 6.74. The molecule has 2 N–H and O–H groups in total. The number of halogens is 1. The van der Waals surface area contributed by atoms with Gasteiger partial charge in [-0.3, -0.25) is 4.79 Å². The number of nitrogens with one attached hydrogen (secondary N) is 2. The van der Waals surface area contributed by atoms with E-state index in [-0.39, 0.29) is 24.3 Å². The van der Waals surface area contributed by atoms with E-state index in [0.29, 0.717) is 0 Å². The molecule has 0 fully saturated rings. The van der Waals surface area contributed by atoms with Crippen LogP contribution in [0.1, 0.15) is 16.7 Å². The van der Waals surface area contributed by atoms with Gasteiger partial charge in [0.05, 0.1) is 5.56 Å². The van der Waals surface area contributed by atoms with Crippen LogP contribution in [0, 0.1) is 17.1 Å². The van der Waals surface area contributed by atoms with Crippen LogP contribution in [-0.4, -0.2) is 18.0 Å². The van der Waals surface area contributed by atoms with Crippen molar-refractivity contribution in [3.63, 3.8) is 0 Å². The average molecular weight is 417 g/mol. The van der Waals surface area contributed by atoms with E-state index < -0.39 is 23.9 Å². The molecule has 31 heavy (non-hydrogen) atoms. The molecule has 0 saturated heterocycles. The maximum atomic E-state index is 13.5.